The minimum atomic E-state index is -2.43. The summed E-state index contributed by atoms with van der Waals surface area (Å²) in [6.45, 7) is 0.747. The van der Waals surface area contributed by atoms with Gasteiger partial charge in [-0.05, 0) is 13.0 Å². The molecule has 0 radical (unpaired) electrons. The third-order valence-electron chi connectivity index (χ3n) is 2.33. The van der Waals surface area contributed by atoms with E-state index in [1.54, 1.807) is 35.5 Å². The summed E-state index contributed by atoms with van der Waals surface area (Å²) in [5.41, 5.74) is 0. The summed E-state index contributed by atoms with van der Waals surface area (Å²) in [5, 5.41) is 3.08. The molecule has 0 aliphatic heterocycles. The van der Waals surface area contributed by atoms with E-state index in [0.717, 1.165) is 19.0 Å². The molecule has 16 heavy (non-hydrogen) atoms. The Labute approximate surface area is 98.5 Å². The van der Waals surface area contributed by atoms with Crippen molar-refractivity contribution in [3.63, 3.8) is 0 Å². The van der Waals surface area contributed by atoms with Crippen LogP contribution in [-0.2, 0) is 22.8 Å². The highest BCUT2D eigenvalue weighted by Crippen LogP contribution is 2.14. The first-order valence-corrected chi connectivity index (χ1v) is 7.05. The molecule has 98 valence electrons. The molecule has 0 atom stereocenters. The minimum Gasteiger partial charge on any atom is -0.377 e. The van der Waals surface area contributed by atoms with Crippen LogP contribution in [0.5, 0.6) is 0 Å². The molecule has 0 unspecified atom stereocenters. The van der Waals surface area contributed by atoms with E-state index in [-0.39, 0.29) is 6.41 Å². The molecule has 0 saturated carbocycles. The molecule has 6 nitrogen and oxygen atoms in total. The third-order valence-corrected chi connectivity index (χ3v) is 5.16. The predicted molar refractivity (Wildman–Crippen MR) is 62.0 cm³/mol. The van der Waals surface area contributed by atoms with Crippen LogP contribution in [0.2, 0.25) is 6.04 Å². The number of hydrogen-bond acceptors (Lipinski definition) is 6. The van der Waals surface area contributed by atoms with Gasteiger partial charge in [0.25, 0.3) is 0 Å². The van der Waals surface area contributed by atoms with Crippen molar-refractivity contribution >= 4 is 8.80 Å². The zero-order valence-electron chi connectivity index (χ0n) is 10.7. The summed E-state index contributed by atoms with van der Waals surface area (Å²) in [6, 6.07) is 0.754. The fourth-order valence-corrected chi connectivity index (χ4v) is 3.07. The average molecular weight is 253 g/mol. The molecule has 0 bridgehead atoms. The van der Waals surface area contributed by atoms with Crippen LogP contribution < -0.4 is 5.32 Å². The van der Waals surface area contributed by atoms with E-state index >= 15 is 0 Å². The molecule has 7 heteroatoms. The van der Waals surface area contributed by atoms with E-state index in [1.807, 2.05) is 0 Å². The Hall–Kier alpha value is -0.0231. The summed E-state index contributed by atoms with van der Waals surface area (Å²) < 4.78 is 25.9. The third kappa shape index (κ3) is 5.35. The second kappa shape index (κ2) is 9.05. The maximum atomic E-state index is 5.30. The van der Waals surface area contributed by atoms with Gasteiger partial charge in [-0.25, -0.2) is 0 Å². The van der Waals surface area contributed by atoms with E-state index in [9.17, 15) is 0 Å². The van der Waals surface area contributed by atoms with Crippen molar-refractivity contribution in [3.8, 4) is 0 Å². The fourth-order valence-electron chi connectivity index (χ4n) is 1.34. The molecule has 0 fully saturated rings. The minimum absolute atomic E-state index is 0.372. The molecule has 0 heterocycles. The highest BCUT2D eigenvalue weighted by atomic mass is 28.4. The Morgan fingerprint density at radius 1 is 0.938 bits per heavy atom. The smallest absolute Gasteiger partial charge is 0.377 e. The van der Waals surface area contributed by atoms with Crippen LogP contribution in [0.3, 0.4) is 0 Å². The first-order chi connectivity index (χ1) is 7.67. The second-order valence-corrected chi connectivity index (χ2v) is 6.25. The zero-order chi connectivity index (χ0) is 12.4. The predicted octanol–water partition coefficient (Wildman–Crippen LogP) is 0.421. The molecule has 0 aromatic rings. The first kappa shape index (κ1) is 16.0. The molecule has 0 aliphatic rings. The van der Waals surface area contributed by atoms with E-state index in [4.69, 9.17) is 22.8 Å². The summed E-state index contributed by atoms with van der Waals surface area (Å²) in [7, 11) is 5.57. The van der Waals surface area contributed by atoms with Gasteiger partial charge in [0.05, 0.1) is 0 Å². The van der Waals surface area contributed by atoms with Crippen LogP contribution in [0.4, 0.5) is 0 Å². The lowest BCUT2D eigenvalue weighted by molar-refractivity contribution is -0.122. The van der Waals surface area contributed by atoms with Crippen molar-refractivity contribution in [2.75, 3.05) is 42.1 Å². The maximum absolute atomic E-state index is 5.30. The largest absolute Gasteiger partial charge is 0.500 e. The lowest BCUT2D eigenvalue weighted by Crippen LogP contribution is -2.43. The molecule has 0 aromatic carbocycles. The van der Waals surface area contributed by atoms with E-state index in [1.165, 1.54) is 0 Å². The number of rotatable bonds is 10. The van der Waals surface area contributed by atoms with Gasteiger partial charge in [-0.3, -0.25) is 5.32 Å². The highest BCUT2D eigenvalue weighted by molar-refractivity contribution is 6.60. The van der Waals surface area contributed by atoms with Crippen molar-refractivity contribution < 1.29 is 22.8 Å². The quantitative estimate of drug-likeness (QED) is 0.346. The van der Waals surface area contributed by atoms with Crippen molar-refractivity contribution in [2.24, 2.45) is 0 Å². The molecule has 0 rings (SSSR count). The summed E-state index contributed by atoms with van der Waals surface area (Å²) in [6.07, 6.45) is 0.494. The van der Waals surface area contributed by atoms with Crippen LogP contribution in [0.15, 0.2) is 0 Å². The number of hydrogen-bond donors (Lipinski definition) is 1. The molecule has 0 amide bonds. The van der Waals surface area contributed by atoms with Crippen molar-refractivity contribution in [3.05, 3.63) is 0 Å². The Bertz CT molecular complexity index is 156. The van der Waals surface area contributed by atoms with Gasteiger partial charge < -0.3 is 22.8 Å². The van der Waals surface area contributed by atoms with Gasteiger partial charge in [0.2, 0.25) is 6.41 Å². The highest BCUT2D eigenvalue weighted by Gasteiger charge is 2.36. The standard InChI is InChI=1S/C9H23NO5Si/c1-11-9(12-2)10-7-6-8-16(13-3,14-4)15-5/h9-10H,6-8H2,1-5H3. The van der Waals surface area contributed by atoms with Gasteiger partial charge >= 0.3 is 8.80 Å². The number of methoxy groups -OCH3 is 2. The molecular formula is C9H23NO5Si. The number of ether oxygens (including phenoxy) is 2. The van der Waals surface area contributed by atoms with Crippen molar-refractivity contribution in [1.82, 2.24) is 5.32 Å². The van der Waals surface area contributed by atoms with E-state index < -0.39 is 8.80 Å². The Morgan fingerprint density at radius 2 is 1.44 bits per heavy atom. The monoisotopic (exact) mass is 253 g/mol. The van der Waals surface area contributed by atoms with Gasteiger partial charge in [0.1, 0.15) is 0 Å². The SMILES string of the molecule is COC(NCCC[Si](OC)(OC)OC)OC. The second-order valence-electron chi connectivity index (χ2n) is 3.16. The van der Waals surface area contributed by atoms with E-state index in [2.05, 4.69) is 5.32 Å². The van der Waals surface area contributed by atoms with Gasteiger partial charge in [-0.15, -0.1) is 0 Å². The Morgan fingerprint density at radius 3 is 1.81 bits per heavy atom. The van der Waals surface area contributed by atoms with Gasteiger partial charge in [0.15, 0.2) is 0 Å². The van der Waals surface area contributed by atoms with Crippen LogP contribution in [-0.4, -0.2) is 57.3 Å². The van der Waals surface area contributed by atoms with Gasteiger partial charge in [0, 0.05) is 41.6 Å². The maximum Gasteiger partial charge on any atom is 0.500 e. The summed E-state index contributed by atoms with van der Waals surface area (Å²) >= 11 is 0. The lowest BCUT2D eigenvalue weighted by atomic mass is 10.5. The van der Waals surface area contributed by atoms with Crippen LogP contribution in [0, 0.1) is 0 Å². The Balaban J connectivity index is 3.78. The normalized spacial score (nSPS) is 12.4. The van der Waals surface area contributed by atoms with Crippen LogP contribution in [0.25, 0.3) is 0 Å². The topological polar surface area (TPSA) is 58.2 Å². The molecule has 0 saturated heterocycles. The fraction of sp³-hybridized carbons (Fsp3) is 1.00. The van der Waals surface area contributed by atoms with Crippen LogP contribution in [0.1, 0.15) is 6.42 Å². The summed E-state index contributed by atoms with van der Waals surface area (Å²) in [4.78, 5) is 0. The molecular weight excluding hydrogens is 230 g/mol. The number of nitrogens with one attached hydrogen (secondary N) is 1. The average Bonchev–Trinajstić information content (AvgIpc) is 2.35. The molecule has 0 aliphatic carbocycles. The molecule has 0 spiro atoms. The van der Waals surface area contributed by atoms with Gasteiger partial charge in [-0.1, -0.05) is 0 Å². The first-order valence-electron chi connectivity index (χ1n) is 5.12. The van der Waals surface area contributed by atoms with Gasteiger partial charge in [-0.2, -0.15) is 0 Å². The summed E-state index contributed by atoms with van der Waals surface area (Å²) in [5.74, 6) is 0. The Kier molecular flexibility index (Phi) is 9.04. The molecule has 0 aromatic heterocycles. The van der Waals surface area contributed by atoms with Crippen molar-refractivity contribution in [2.45, 2.75) is 18.9 Å². The van der Waals surface area contributed by atoms with Crippen LogP contribution >= 0.6 is 0 Å². The van der Waals surface area contributed by atoms with Crippen molar-refractivity contribution in [1.29, 1.82) is 0 Å². The molecule has 1 N–H and O–H groups in total. The lowest BCUT2D eigenvalue weighted by Gasteiger charge is -2.24. The zero-order valence-corrected chi connectivity index (χ0v) is 11.7. The van der Waals surface area contributed by atoms with E-state index in [0.29, 0.717) is 0 Å².